The first-order valence-electron chi connectivity index (χ1n) is 5.04. The van der Waals surface area contributed by atoms with Crippen molar-refractivity contribution in [1.82, 2.24) is 4.72 Å². The normalized spacial score (nSPS) is 20.7. The standard InChI is InChI=1S/C10H11Br2NO3S/c11-7-1-2-10(9(12)5-7)17(14,15)13-8-3-4-16-6-8/h1-2,5,8,13H,3-4,6H2. The molecule has 94 valence electrons. The van der Waals surface area contributed by atoms with E-state index in [4.69, 9.17) is 4.74 Å². The second kappa shape index (κ2) is 5.36. The van der Waals surface area contributed by atoms with E-state index < -0.39 is 10.0 Å². The van der Waals surface area contributed by atoms with Gasteiger partial charge in [0.1, 0.15) is 0 Å². The lowest BCUT2D eigenvalue weighted by molar-refractivity contribution is 0.192. The molecule has 1 aromatic carbocycles. The monoisotopic (exact) mass is 383 g/mol. The van der Waals surface area contributed by atoms with Crippen molar-refractivity contribution in [2.75, 3.05) is 13.2 Å². The van der Waals surface area contributed by atoms with E-state index in [0.717, 1.165) is 4.47 Å². The van der Waals surface area contributed by atoms with Gasteiger partial charge >= 0.3 is 0 Å². The summed E-state index contributed by atoms with van der Waals surface area (Å²) in [6.07, 6.45) is 0.716. The molecule has 1 aromatic rings. The first kappa shape index (κ1) is 13.5. The van der Waals surface area contributed by atoms with Crippen LogP contribution in [0.4, 0.5) is 0 Å². The molecule has 4 nitrogen and oxygen atoms in total. The first-order valence-corrected chi connectivity index (χ1v) is 8.11. The summed E-state index contributed by atoms with van der Waals surface area (Å²) in [5, 5.41) is 0. The van der Waals surface area contributed by atoms with Crippen LogP contribution in [-0.4, -0.2) is 27.7 Å². The Bertz CT molecular complexity index is 512. The van der Waals surface area contributed by atoms with E-state index in [2.05, 4.69) is 36.6 Å². The number of hydrogen-bond acceptors (Lipinski definition) is 3. The third-order valence-corrected chi connectivity index (χ3v) is 5.43. The number of halogens is 2. The predicted molar refractivity (Wildman–Crippen MR) is 71.4 cm³/mol. The van der Waals surface area contributed by atoms with Crippen LogP contribution in [0.5, 0.6) is 0 Å². The minimum atomic E-state index is -3.49. The van der Waals surface area contributed by atoms with Crippen molar-refractivity contribution in [3.8, 4) is 0 Å². The zero-order valence-corrected chi connectivity index (χ0v) is 12.8. The highest BCUT2D eigenvalue weighted by atomic mass is 79.9. The molecule has 0 spiro atoms. The van der Waals surface area contributed by atoms with E-state index in [1.54, 1.807) is 18.2 Å². The summed E-state index contributed by atoms with van der Waals surface area (Å²) in [4.78, 5) is 0.243. The molecule has 1 heterocycles. The number of sulfonamides is 1. The highest BCUT2D eigenvalue weighted by Crippen LogP contribution is 2.26. The fourth-order valence-electron chi connectivity index (χ4n) is 1.60. The Kier molecular flexibility index (Phi) is 4.25. The zero-order chi connectivity index (χ0) is 12.5. The van der Waals surface area contributed by atoms with Gasteiger partial charge in [-0.05, 0) is 40.5 Å². The number of ether oxygens (including phenoxy) is 1. The van der Waals surface area contributed by atoms with Crippen molar-refractivity contribution in [3.05, 3.63) is 27.1 Å². The van der Waals surface area contributed by atoms with Crippen LogP contribution in [0.3, 0.4) is 0 Å². The van der Waals surface area contributed by atoms with E-state index in [0.29, 0.717) is 24.1 Å². The van der Waals surface area contributed by atoms with Gasteiger partial charge in [-0.1, -0.05) is 15.9 Å². The Labute approximate surface area is 117 Å². The van der Waals surface area contributed by atoms with Crippen molar-refractivity contribution >= 4 is 41.9 Å². The van der Waals surface area contributed by atoms with Crippen LogP contribution in [0.15, 0.2) is 32.0 Å². The average Bonchev–Trinajstić information content (AvgIpc) is 2.68. The highest BCUT2D eigenvalue weighted by molar-refractivity contribution is 9.11. The van der Waals surface area contributed by atoms with Crippen molar-refractivity contribution in [3.63, 3.8) is 0 Å². The van der Waals surface area contributed by atoms with Crippen LogP contribution in [0.2, 0.25) is 0 Å². The second-order valence-corrected chi connectivity index (χ2v) is 7.21. The lowest BCUT2D eigenvalue weighted by atomic mass is 10.3. The summed E-state index contributed by atoms with van der Waals surface area (Å²) in [6.45, 7) is 1.04. The lowest BCUT2D eigenvalue weighted by Crippen LogP contribution is -2.35. The van der Waals surface area contributed by atoms with Crippen LogP contribution >= 0.6 is 31.9 Å². The van der Waals surface area contributed by atoms with Crippen molar-refractivity contribution in [2.45, 2.75) is 17.4 Å². The van der Waals surface area contributed by atoms with Gasteiger partial charge in [0.2, 0.25) is 10.0 Å². The molecule has 1 N–H and O–H groups in total. The summed E-state index contributed by atoms with van der Waals surface area (Å²) >= 11 is 6.54. The van der Waals surface area contributed by atoms with Gasteiger partial charge in [-0.25, -0.2) is 13.1 Å². The van der Waals surface area contributed by atoms with E-state index >= 15 is 0 Å². The van der Waals surface area contributed by atoms with Crippen molar-refractivity contribution in [2.24, 2.45) is 0 Å². The van der Waals surface area contributed by atoms with Gasteiger partial charge < -0.3 is 4.74 Å². The Balaban J connectivity index is 2.24. The fraction of sp³-hybridized carbons (Fsp3) is 0.400. The molecule has 17 heavy (non-hydrogen) atoms. The molecule has 7 heteroatoms. The summed E-state index contributed by atoms with van der Waals surface area (Å²) in [5.41, 5.74) is 0. The molecule has 0 radical (unpaired) electrons. The summed E-state index contributed by atoms with van der Waals surface area (Å²) in [5.74, 6) is 0. The van der Waals surface area contributed by atoms with Crippen LogP contribution in [-0.2, 0) is 14.8 Å². The third kappa shape index (κ3) is 3.29. The van der Waals surface area contributed by atoms with Crippen LogP contribution < -0.4 is 4.72 Å². The minimum absolute atomic E-state index is 0.129. The molecule has 0 saturated carbocycles. The van der Waals surface area contributed by atoms with Gasteiger partial charge in [-0.2, -0.15) is 0 Å². The fourth-order valence-corrected chi connectivity index (χ4v) is 4.60. The molecule has 1 unspecified atom stereocenters. The molecule has 1 aliphatic heterocycles. The van der Waals surface area contributed by atoms with Crippen LogP contribution in [0.1, 0.15) is 6.42 Å². The topological polar surface area (TPSA) is 55.4 Å². The molecule has 2 rings (SSSR count). The molecule has 0 amide bonds. The Morgan fingerprint density at radius 3 is 2.71 bits per heavy atom. The van der Waals surface area contributed by atoms with Gasteiger partial charge in [0, 0.05) is 21.6 Å². The average molecular weight is 385 g/mol. The molecule has 1 fully saturated rings. The van der Waals surface area contributed by atoms with Crippen LogP contribution in [0.25, 0.3) is 0 Å². The highest BCUT2D eigenvalue weighted by Gasteiger charge is 2.24. The lowest BCUT2D eigenvalue weighted by Gasteiger charge is -2.12. The van der Waals surface area contributed by atoms with Gasteiger partial charge in [0.05, 0.1) is 11.5 Å². The number of rotatable bonds is 3. The summed E-state index contributed by atoms with van der Waals surface area (Å²) in [7, 11) is -3.49. The number of benzene rings is 1. The van der Waals surface area contributed by atoms with Gasteiger partial charge in [0.15, 0.2) is 0 Å². The maximum atomic E-state index is 12.1. The molecule has 0 aliphatic carbocycles. The van der Waals surface area contributed by atoms with E-state index in [-0.39, 0.29) is 10.9 Å². The Morgan fingerprint density at radius 1 is 1.35 bits per heavy atom. The summed E-state index contributed by atoms with van der Waals surface area (Å²) < 4.78 is 33.4. The van der Waals surface area contributed by atoms with Gasteiger partial charge in [-0.3, -0.25) is 0 Å². The van der Waals surface area contributed by atoms with Gasteiger partial charge in [-0.15, -0.1) is 0 Å². The quantitative estimate of drug-likeness (QED) is 0.869. The molecule has 1 atom stereocenters. The van der Waals surface area contributed by atoms with E-state index in [1.807, 2.05) is 0 Å². The molecule has 1 saturated heterocycles. The van der Waals surface area contributed by atoms with Crippen LogP contribution in [0, 0.1) is 0 Å². The zero-order valence-electron chi connectivity index (χ0n) is 8.82. The third-order valence-electron chi connectivity index (χ3n) is 2.43. The molecular weight excluding hydrogens is 374 g/mol. The van der Waals surface area contributed by atoms with E-state index in [1.165, 1.54) is 0 Å². The Hall–Kier alpha value is 0.0500. The SMILES string of the molecule is O=S(=O)(NC1CCOC1)c1ccc(Br)cc1Br. The maximum Gasteiger partial charge on any atom is 0.242 e. The first-order chi connectivity index (χ1) is 7.99. The molecule has 0 bridgehead atoms. The molecule has 0 aromatic heterocycles. The van der Waals surface area contributed by atoms with Crippen molar-refractivity contribution < 1.29 is 13.2 Å². The van der Waals surface area contributed by atoms with Gasteiger partial charge in [0.25, 0.3) is 0 Å². The maximum absolute atomic E-state index is 12.1. The molecule has 1 aliphatic rings. The summed E-state index contributed by atoms with van der Waals surface area (Å²) in [6, 6.07) is 4.84. The van der Waals surface area contributed by atoms with E-state index in [9.17, 15) is 8.42 Å². The predicted octanol–water partition coefficient (Wildman–Crippen LogP) is 2.28. The second-order valence-electron chi connectivity index (χ2n) is 3.76. The number of nitrogens with one attached hydrogen (secondary N) is 1. The molecular formula is C10H11Br2NO3S. The Morgan fingerprint density at radius 2 is 2.12 bits per heavy atom. The largest absolute Gasteiger partial charge is 0.380 e. The smallest absolute Gasteiger partial charge is 0.242 e. The number of hydrogen-bond donors (Lipinski definition) is 1. The van der Waals surface area contributed by atoms with Crippen molar-refractivity contribution in [1.29, 1.82) is 0 Å². The minimum Gasteiger partial charge on any atom is -0.380 e.